The standard InChI is InChI=1S/C14H26O4.Li.Na.2H/c1-2-3-4-5-6-7-8-9-10-11-18-14(17)12-13(15)16;;;;/h2-12H2,1H3,(H,15,16);;;;. The van der Waals surface area contributed by atoms with Gasteiger partial charge in [0.15, 0.2) is 0 Å². The van der Waals surface area contributed by atoms with Crippen LogP contribution in [-0.2, 0) is 14.3 Å². The molecule has 0 heterocycles. The van der Waals surface area contributed by atoms with Crippen LogP contribution in [-0.4, -0.2) is 72.1 Å². The van der Waals surface area contributed by atoms with Crippen LogP contribution in [0.3, 0.4) is 0 Å². The molecule has 0 aromatic rings. The molecule has 0 aromatic carbocycles. The van der Waals surface area contributed by atoms with Gasteiger partial charge in [-0.15, -0.1) is 0 Å². The van der Waals surface area contributed by atoms with E-state index in [1.165, 1.54) is 44.9 Å². The molecule has 0 saturated carbocycles. The second-order valence-corrected chi connectivity index (χ2v) is 4.62. The molecule has 0 atom stereocenters. The first-order valence-electron chi connectivity index (χ1n) is 7.04. The van der Waals surface area contributed by atoms with Gasteiger partial charge in [0.2, 0.25) is 0 Å². The zero-order chi connectivity index (χ0) is 13.6. The third kappa shape index (κ3) is 20.8. The van der Waals surface area contributed by atoms with Crippen LogP contribution in [0.25, 0.3) is 0 Å². The fraction of sp³-hybridized carbons (Fsp3) is 0.857. The zero-order valence-corrected chi connectivity index (χ0v) is 11.5. The van der Waals surface area contributed by atoms with E-state index in [2.05, 4.69) is 6.92 Å². The second kappa shape index (κ2) is 19.5. The quantitative estimate of drug-likeness (QED) is 0.259. The molecule has 0 aliphatic heterocycles. The van der Waals surface area contributed by atoms with E-state index in [9.17, 15) is 9.59 Å². The first-order chi connectivity index (χ1) is 8.66. The van der Waals surface area contributed by atoms with Gasteiger partial charge in [0.05, 0.1) is 6.61 Å². The van der Waals surface area contributed by atoms with Crippen molar-refractivity contribution in [2.45, 2.75) is 71.1 Å². The van der Waals surface area contributed by atoms with Crippen molar-refractivity contribution in [3.8, 4) is 0 Å². The Labute approximate surface area is 156 Å². The SMILES string of the molecule is CCCCCCCCCCCOC(=O)CC(=O)O.[LiH].[NaH]. The number of ether oxygens (including phenoxy) is 1. The summed E-state index contributed by atoms with van der Waals surface area (Å²) in [6, 6.07) is 0. The van der Waals surface area contributed by atoms with Crippen molar-refractivity contribution in [2.75, 3.05) is 6.61 Å². The van der Waals surface area contributed by atoms with Crippen LogP contribution in [0.5, 0.6) is 0 Å². The van der Waals surface area contributed by atoms with Crippen molar-refractivity contribution in [1.82, 2.24) is 0 Å². The summed E-state index contributed by atoms with van der Waals surface area (Å²) in [5.74, 6) is -1.77. The Kier molecular flexibility index (Phi) is 24.9. The third-order valence-corrected chi connectivity index (χ3v) is 2.81. The molecule has 0 radical (unpaired) electrons. The van der Waals surface area contributed by atoms with Gasteiger partial charge in [0.1, 0.15) is 6.42 Å². The van der Waals surface area contributed by atoms with Crippen LogP contribution in [0.4, 0.5) is 0 Å². The topological polar surface area (TPSA) is 63.6 Å². The van der Waals surface area contributed by atoms with E-state index in [0.717, 1.165) is 12.8 Å². The average Bonchev–Trinajstić information content (AvgIpc) is 2.30. The summed E-state index contributed by atoms with van der Waals surface area (Å²) >= 11 is 0. The number of hydrogen-bond donors (Lipinski definition) is 1. The van der Waals surface area contributed by atoms with Crippen molar-refractivity contribution < 1.29 is 19.4 Å². The van der Waals surface area contributed by atoms with E-state index in [4.69, 9.17) is 9.84 Å². The molecule has 0 saturated heterocycles. The predicted molar refractivity (Wildman–Crippen MR) is 84.7 cm³/mol. The third-order valence-electron chi connectivity index (χ3n) is 2.81. The van der Waals surface area contributed by atoms with Gasteiger partial charge >= 0.3 is 60.4 Å². The van der Waals surface area contributed by atoms with Crippen LogP contribution in [0, 0.1) is 0 Å². The van der Waals surface area contributed by atoms with Gasteiger partial charge < -0.3 is 9.84 Å². The van der Waals surface area contributed by atoms with Gasteiger partial charge in [-0.2, -0.15) is 0 Å². The minimum absolute atomic E-state index is 0. The molecule has 0 aliphatic rings. The first-order valence-corrected chi connectivity index (χ1v) is 7.04. The molecule has 1 N–H and O–H groups in total. The van der Waals surface area contributed by atoms with Gasteiger partial charge in [-0.05, 0) is 6.42 Å². The van der Waals surface area contributed by atoms with Gasteiger partial charge in [-0.1, -0.05) is 58.3 Å². The molecule has 0 aliphatic carbocycles. The summed E-state index contributed by atoms with van der Waals surface area (Å²) in [6.07, 6.45) is 10.3. The second-order valence-electron chi connectivity index (χ2n) is 4.62. The van der Waals surface area contributed by atoms with E-state index >= 15 is 0 Å². The number of carboxylic acids is 1. The Morgan fingerprint density at radius 1 is 0.900 bits per heavy atom. The molecule has 0 amide bonds. The molecular weight excluding hydrogens is 262 g/mol. The number of unbranched alkanes of at least 4 members (excludes halogenated alkanes) is 8. The summed E-state index contributed by atoms with van der Waals surface area (Å²) in [5.41, 5.74) is 0. The number of esters is 1. The van der Waals surface area contributed by atoms with E-state index in [0.29, 0.717) is 6.61 Å². The summed E-state index contributed by atoms with van der Waals surface area (Å²) in [4.78, 5) is 21.1. The first kappa shape index (κ1) is 25.5. The van der Waals surface area contributed by atoms with Crippen molar-refractivity contribution in [3.05, 3.63) is 0 Å². The molecule has 0 unspecified atom stereocenters. The van der Waals surface area contributed by atoms with Gasteiger partial charge in [0.25, 0.3) is 0 Å². The molecule has 0 spiro atoms. The van der Waals surface area contributed by atoms with Gasteiger partial charge in [0, 0.05) is 0 Å². The van der Waals surface area contributed by atoms with Gasteiger partial charge in [-0.3, -0.25) is 9.59 Å². The Balaban J connectivity index is -0.00000144. The predicted octanol–water partition coefficient (Wildman–Crippen LogP) is 2.24. The van der Waals surface area contributed by atoms with Crippen molar-refractivity contribution in [3.63, 3.8) is 0 Å². The number of carboxylic acid groups (broad SMARTS) is 1. The van der Waals surface area contributed by atoms with Crippen LogP contribution in [0.2, 0.25) is 0 Å². The maximum absolute atomic E-state index is 10.9. The molecule has 20 heavy (non-hydrogen) atoms. The fourth-order valence-corrected chi connectivity index (χ4v) is 1.77. The Morgan fingerprint density at radius 2 is 1.35 bits per heavy atom. The summed E-state index contributed by atoms with van der Waals surface area (Å²) in [5, 5.41) is 8.34. The molecule has 110 valence electrons. The van der Waals surface area contributed by atoms with Crippen LogP contribution >= 0.6 is 0 Å². The van der Waals surface area contributed by atoms with E-state index in [1.54, 1.807) is 0 Å². The minimum atomic E-state index is -1.13. The number of aliphatic carboxylic acids is 1. The van der Waals surface area contributed by atoms with Crippen molar-refractivity contribution >= 4 is 60.4 Å². The molecule has 0 aromatic heterocycles. The monoisotopic (exact) mass is 290 g/mol. The molecule has 4 nitrogen and oxygen atoms in total. The molecule has 0 bridgehead atoms. The van der Waals surface area contributed by atoms with Gasteiger partial charge in [-0.25, -0.2) is 0 Å². The molecule has 0 rings (SSSR count). The van der Waals surface area contributed by atoms with Crippen LogP contribution in [0.15, 0.2) is 0 Å². The summed E-state index contributed by atoms with van der Waals surface area (Å²) in [6.45, 7) is 2.56. The van der Waals surface area contributed by atoms with Crippen LogP contribution in [0.1, 0.15) is 71.1 Å². The maximum atomic E-state index is 10.9. The Bertz CT molecular complexity index is 237. The van der Waals surface area contributed by atoms with E-state index in [1.807, 2.05) is 0 Å². The molecule has 6 heteroatoms. The number of carbonyl (C=O) groups excluding carboxylic acids is 1. The fourth-order valence-electron chi connectivity index (χ4n) is 1.77. The van der Waals surface area contributed by atoms with E-state index < -0.39 is 18.4 Å². The van der Waals surface area contributed by atoms with Crippen molar-refractivity contribution in [2.24, 2.45) is 0 Å². The Morgan fingerprint density at radius 3 is 1.80 bits per heavy atom. The zero-order valence-electron chi connectivity index (χ0n) is 11.5. The molecular formula is C14H28LiNaO4. The number of hydrogen-bond acceptors (Lipinski definition) is 3. The normalized spacial score (nSPS) is 9.25. The summed E-state index contributed by atoms with van der Waals surface area (Å²) < 4.78 is 4.79. The summed E-state index contributed by atoms with van der Waals surface area (Å²) in [7, 11) is 0. The number of rotatable bonds is 12. The number of carbonyl (C=O) groups is 2. The van der Waals surface area contributed by atoms with Crippen LogP contribution < -0.4 is 0 Å². The van der Waals surface area contributed by atoms with E-state index in [-0.39, 0.29) is 48.4 Å². The Hall–Kier alpha value is 0.537. The molecule has 0 fully saturated rings. The average molecular weight is 290 g/mol. The van der Waals surface area contributed by atoms with Crippen molar-refractivity contribution in [1.29, 1.82) is 0 Å².